The average Bonchev–Trinajstić information content (AvgIpc) is 2.67. The third-order valence-corrected chi connectivity index (χ3v) is 4.43. The van der Waals surface area contributed by atoms with Gasteiger partial charge in [-0.25, -0.2) is 0 Å². The first-order chi connectivity index (χ1) is 13.0. The second-order valence-electron chi connectivity index (χ2n) is 6.62. The summed E-state index contributed by atoms with van der Waals surface area (Å²) in [4.78, 5) is 12.6. The van der Waals surface area contributed by atoms with Gasteiger partial charge in [-0.2, -0.15) is 0 Å². The molecule has 0 heterocycles. The number of nitrogens with two attached hydrogens (primary N) is 1. The Labute approximate surface area is 166 Å². The summed E-state index contributed by atoms with van der Waals surface area (Å²) in [6, 6.07) is -0.168. The first kappa shape index (κ1) is 24.8. The Hall–Kier alpha value is -2.23. The Morgan fingerprint density at radius 2 is 2.04 bits per heavy atom. The summed E-state index contributed by atoms with van der Waals surface area (Å²) >= 11 is 0. The topological polar surface area (TPSA) is 67.2 Å². The van der Waals surface area contributed by atoms with Crippen molar-refractivity contribution in [2.45, 2.75) is 65.8 Å². The van der Waals surface area contributed by atoms with E-state index in [1.807, 2.05) is 32.1 Å². The third kappa shape index (κ3) is 11.2. The fourth-order valence-electron chi connectivity index (χ4n) is 2.60. The van der Waals surface area contributed by atoms with Gasteiger partial charge in [0.25, 0.3) is 5.91 Å². The summed E-state index contributed by atoms with van der Waals surface area (Å²) in [6.45, 7) is 12.6. The minimum atomic E-state index is -0.168. The molecule has 152 valence electrons. The zero-order valence-corrected chi connectivity index (χ0v) is 17.6. The minimum Gasteiger partial charge on any atom is -0.404 e. The van der Waals surface area contributed by atoms with Crippen LogP contribution in [0.15, 0.2) is 60.5 Å². The van der Waals surface area contributed by atoms with Gasteiger partial charge in [0.15, 0.2) is 0 Å². The molecule has 0 aromatic rings. The molecule has 4 nitrogen and oxygen atoms in total. The number of carbonyl (C=O) groups excluding carboxylic acids is 1. The summed E-state index contributed by atoms with van der Waals surface area (Å²) in [6.07, 6.45) is 18.9. The van der Waals surface area contributed by atoms with Crippen molar-refractivity contribution in [2.75, 3.05) is 6.54 Å². The Morgan fingerprint density at radius 3 is 2.59 bits per heavy atom. The van der Waals surface area contributed by atoms with Crippen molar-refractivity contribution in [3.8, 4) is 0 Å². The maximum absolute atomic E-state index is 12.6. The van der Waals surface area contributed by atoms with Crippen molar-refractivity contribution in [1.82, 2.24) is 10.6 Å². The average molecular weight is 374 g/mol. The quantitative estimate of drug-likeness (QED) is 0.234. The molecule has 0 radical (unpaired) electrons. The maximum atomic E-state index is 12.6. The monoisotopic (exact) mass is 373 g/mol. The van der Waals surface area contributed by atoms with E-state index in [0.717, 1.165) is 12.0 Å². The van der Waals surface area contributed by atoms with Crippen LogP contribution in [0.5, 0.6) is 0 Å². The van der Waals surface area contributed by atoms with Crippen LogP contribution in [-0.2, 0) is 4.79 Å². The van der Waals surface area contributed by atoms with E-state index in [-0.39, 0.29) is 11.9 Å². The molecule has 4 heteroatoms. The molecule has 4 N–H and O–H groups in total. The van der Waals surface area contributed by atoms with Crippen molar-refractivity contribution in [3.05, 3.63) is 60.5 Å². The summed E-state index contributed by atoms with van der Waals surface area (Å²) in [5.74, 6) is 0.410. The molecule has 0 spiro atoms. The highest BCUT2D eigenvalue weighted by Crippen LogP contribution is 2.16. The minimum absolute atomic E-state index is 0.139. The zero-order valence-electron chi connectivity index (χ0n) is 17.6. The van der Waals surface area contributed by atoms with Crippen LogP contribution >= 0.6 is 0 Å². The second kappa shape index (κ2) is 16.0. The number of allylic oxidation sites excluding steroid dienone is 4. The van der Waals surface area contributed by atoms with Crippen molar-refractivity contribution in [1.29, 1.82) is 0 Å². The van der Waals surface area contributed by atoms with Gasteiger partial charge in [-0.05, 0) is 50.8 Å². The van der Waals surface area contributed by atoms with E-state index >= 15 is 0 Å². The summed E-state index contributed by atoms with van der Waals surface area (Å²) in [5.41, 5.74) is 7.28. The first-order valence-corrected chi connectivity index (χ1v) is 10.1. The highest BCUT2D eigenvalue weighted by molar-refractivity contribution is 5.93. The highest BCUT2D eigenvalue weighted by Gasteiger charge is 2.14. The molecule has 0 fully saturated rings. The Balaban J connectivity index is 4.99. The molecule has 2 atom stereocenters. The molecule has 0 saturated heterocycles. The molecule has 27 heavy (non-hydrogen) atoms. The Kier molecular flexibility index (Phi) is 14.7. The van der Waals surface area contributed by atoms with Gasteiger partial charge < -0.3 is 16.4 Å². The van der Waals surface area contributed by atoms with Crippen molar-refractivity contribution in [3.63, 3.8) is 0 Å². The fraction of sp³-hybridized carbons (Fsp3) is 0.522. The Morgan fingerprint density at radius 1 is 1.30 bits per heavy atom. The van der Waals surface area contributed by atoms with Gasteiger partial charge in [-0.1, -0.05) is 63.1 Å². The molecule has 2 unspecified atom stereocenters. The maximum Gasteiger partial charge on any atom is 0.267 e. The SMILES string of the molecule is C=CCN/C(=C\C/C=C\C)C(=O)NC(C)C(/C=C\C(CC)CCCC)=C/N. The largest absolute Gasteiger partial charge is 0.404 e. The number of amides is 1. The van der Waals surface area contributed by atoms with Crippen molar-refractivity contribution >= 4 is 5.91 Å². The molecular formula is C23H39N3O. The summed E-state index contributed by atoms with van der Waals surface area (Å²) in [5, 5.41) is 6.13. The number of hydrogen-bond acceptors (Lipinski definition) is 3. The van der Waals surface area contributed by atoms with Gasteiger partial charge in [0, 0.05) is 6.54 Å². The number of nitrogens with one attached hydrogen (secondary N) is 2. The molecule has 0 aromatic carbocycles. The van der Waals surface area contributed by atoms with E-state index in [1.165, 1.54) is 19.3 Å². The molecule has 0 aliphatic heterocycles. The molecule has 0 bridgehead atoms. The lowest BCUT2D eigenvalue weighted by atomic mass is 9.97. The predicted octanol–water partition coefficient (Wildman–Crippen LogP) is 4.73. The van der Waals surface area contributed by atoms with Crippen molar-refractivity contribution < 1.29 is 4.79 Å². The Bertz CT molecular complexity index is 544. The van der Waals surface area contributed by atoms with Crippen LogP contribution in [0.3, 0.4) is 0 Å². The fourth-order valence-corrected chi connectivity index (χ4v) is 2.60. The third-order valence-electron chi connectivity index (χ3n) is 4.43. The van der Waals surface area contributed by atoms with E-state index in [4.69, 9.17) is 5.73 Å². The molecule has 0 rings (SSSR count). The zero-order chi connectivity index (χ0) is 20.5. The summed E-state index contributed by atoms with van der Waals surface area (Å²) in [7, 11) is 0. The van der Waals surface area contributed by atoms with E-state index in [1.54, 1.807) is 12.3 Å². The van der Waals surface area contributed by atoms with Gasteiger partial charge in [0.05, 0.1) is 11.7 Å². The van der Waals surface area contributed by atoms with Gasteiger partial charge >= 0.3 is 0 Å². The van der Waals surface area contributed by atoms with Crippen LogP contribution in [0.1, 0.15) is 59.8 Å². The number of carbonyl (C=O) groups is 1. The molecular weight excluding hydrogens is 334 g/mol. The predicted molar refractivity (Wildman–Crippen MR) is 118 cm³/mol. The second-order valence-corrected chi connectivity index (χ2v) is 6.62. The van der Waals surface area contributed by atoms with Crippen LogP contribution in [0, 0.1) is 5.92 Å². The normalized spacial score (nSPS) is 15.1. The molecule has 1 amide bonds. The van der Waals surface area contributed by atoms with Crippen LogP contribution in [-0.4, -0.2) is 18.5 Å². The first-order valence-electron chi connectivity index (χ1n) is 10.1. The van der Waals surface area contributed by atoms with Crippen LogP contribution in [0.25, 0.3) is 0 Å². The highest BCUT2D eigenvalue weighted by atomic mass is 16.2. The number of rotatable bonds is 14. The van der Waals surface area contributed by atoms with E-state index < -0.39 is 0 Å². The van der Waals surface area contributed by atoms with E-state index in [9.17, 15) is 4.79 Å². The molecule has 0 saturated carbocycles. The van der Waals surface area contributed by atoms with E-state index in [0.29, 0.717) is 24.6 Å². The van der Waals surface area contributed by atoms with Gasteiger partial charge in [-0.3, -0.25) is 4.79 Å². The lowest BCUT2D eigenvalue weighted by Crippen LogP contribution is -2.38. The summed E-state index contributed by atoms with van der Waals surface area (Å²) < 4.78 is 0. The van der Waals surface area contributed by atoms with Gasteiger partial charge in [-0.15, -0.1) is 6.58 Å². The van der Waals surface area contributed by atoms with Crippen molar-refractivity contribution in [2.24, 2.45) is 11.7 Å². The smallest absolute Gasteiger partial charge is 0.267 e. The lowest BCUT2D eigenvalue weighted by molar-refractivity contribution is -0.118. The lowest BCUT2D eigenvalue weighted by Gasteiger charge is -2.18. The number of hydrogen-bond donors (Lipinski definition) is 3. The number of unbranched alkanes of at least 4 members (excludes halogenated alkanes) is 1. The van der Waals surface area contributed by atoms with Crippen LogP contribution in [0.4, 0.5) is 0 Å². The van der Waals surface area contributed by atoms with Crippen LogP contribution in [0.2, 0.25) is 0 Å². The van der Waals surface area contributed by atoms with Gasteiger partial charge in [0.2, 0.25) is 0 Å². The standard InChI is InChI=1S/C23H39N3O/c1-6-10-12-14-22(25-17-8-3)23(27)26-19(5)21(18-24)16-15-20(9-4)13-11-7-2/h6,8,10,14-16,18-20,25H,3,7,9,11-13,17,24H2,1-2,4-5H3,(H,26,27)/b10-6-,16-15-,21-18+,22-14-. The van der Waals surface area contributed by atoms with Crippen LogP contribution < -0.4 is 16.4 Å². The van der Waals surface area contributed by atoms with E-state index in [2.05, 4.69) is 43.2 Å². The molecule has 0 aromatic heterocycles. The van der Waals surface area contributed by atoms with Gasteiger partial charge in [0.1, 0.15) is 0 Å². The molecule has 0 aliphatic rings. The molecule has 0 aliphatic carbocycles.